The second-order valence-electron chi connectivity index (χ2n) is 5.64. The maximum Gasteiger partial charge on any atom is 0.0175 e. The van der Waals surface area contributed by atoms with Crippen molar-refractivity contribution in [2.24, 2.45) is 11.8 Å². The zero-order chi connectivity index (χ0) is 12.8. The van der Waals surface area contributed by atoms with Gasteiger partial charge in [0.25, 0.3) is 0 Å². The van der Waals surface area contributed by atoms with E-state index in [1.54, 1.807) is 0 Å². The molecule has 0 aliphatic heterocycles. The van der Waals surface area contributed by atoms with Gasteiger partial charge in [-0.15, -0.1) is 0 Å². The third kappa shape index (κ3) is 4.40. The Morgan fingerprint density at radius 3 is 2.50 bits per heavy atom. The van der Waals surface area contributed by atoms with E-state index in [0.29, 0.717) is 0 Å². The summed E-state index contributed by atoms with van der Waals surface area (Å²) in [5.74, 6) is 1.78. The van der Waals surface area contributed by atoms with Crippen LogP contribution in [-0.4, -0.2) is 13.6 Å². The SMILES string of the molecule is CNCC(Cc1ccc(Br)cc1)CC1CCCC1. The van der Waals surface area contributed by atoms with Crippen LogP contribution in [0, 0.1) is 11.8 Å². The van der Waals surface area contributed by atoms with Gasteiger partial charge in [0.15, 0.2) is 0 Å². The van der Waals surface area contributed by atoms with E-state index >= 15 is 0 Å². The molecule has 1 fully saturated rings. The highest BCUT2D eigenvalue weighted by atomic mass is 79.9. The predicted octanol–water partition coefficient (Wildman–Crippen LogP) is 4.41. The molecule has 0 amide bonds. The van der Waals surface area contributed by atoms with Crippen LogP contribution in [0.15, 0.2) is 28.7 Å². The lowest BCUT2D eigenvalue weighted by Crippen LogP contribution is -2.22. The normalized spacial score (nSPS) is 18.1. The van der Waals surface area contributed by atoms with Crippen LogP contribution in [0.4, 0.5) is 0 Å². The summed E-state index contributed by atoms with van der Waals surface area (Å²) >= 11 is 3.50. The molecule has 0 heterocycles. The Balaban J connectivity index is 1.90. The van der Waals surface area contributed by atoms with Crippen LogP contribution >= 0.6 is 15.9 Å². The van der Waals surface area contributed by atoms with Crippen LogP contribution in [0.5, 0.6) is 0 Å². The molecule has 2 rings (SSSR count). The molecule has 1 aromatic rings. The molecule has 0 aromatic heterocycles. The molecule has 1 unspecified atom stereocenters. The fraction of sp³-hybridized carbons (Fsp3) is 0.625. The summed E-state index contributed by atoms with van der Waals surface area (Å²) in [5.41, 5.74) is 1.47. The first-order chi connectivity index (χ1) is 8.78. The first-order valence-corrected chi connectivity index (χ1v) is 7.96. The highest BCUT2D eigenvalue weighted by molar-refractivity contribution is 9.10. The van der Waals surface area contributed by atoms with Crippen LogP contribution in [0.3, 0.4) is 0 Å². The van der Waals surface area contributed by atoms with Crippen molar-refractivity contribution in [2.75, 3.05) is 13.6 Å². The van der Waals surface area contributed by atoms with Gasteiger partial charge in [-0.2, -0.15) is 0 Å². The summed E-state index contributed by atoms with van der Waals surface area (Å²) in [6.07, 6.45) is 8.44. The third-order valence-electron chi connectivity index (χ3n) is 4.07. The molecule has 0 bridgehead atoms. The van der Waals surface area contributed by atoms with Crippen molar-refractivity contribution in [3.8, 4) is 0 Å². The van der Waals surface area contributed by atoms with Crippen molar-refractivity contribution < 1.29 is 0 Å². The molecule has 2 heteroatoms. The summed E-state index contributed by atoms with van der Waals surface area (Å²) in [6.45, 7) is 1.15. The molecule has 1 aromatic carbocycles. The number of halogens is 1. The Kier molecular flexibility index (Phi) is 5.71. The molecule has 1 aliphatic rings. The van der Waals surface area contributed by atoms with E-state index in [2.05, 4.69) is 52.6 Å². The fourth-order valence-corrected chi connectivity index (χ4v) is 3.46. The van der Waals surface area contributed by atoms with E-state index in [1.807, 2.05) is 0 Å². The van der Waals surface area contributed by atoms with Gasteiger partial charge in [0.2, 0.25) is 0 Å². The molecule has 0 spiro atoms. The van der Waals surface area contributed by atoms with Crippen LogP contribution in [-0.2, 0) is 6.42 Å². The van der Waals surface area contributed by atoms with Gasteiger partial charge < -0.3 is 5.32 Å². The average Bonchev–Trinajstić information content (AvgIpc) is 2.85. The molecule has 100 valence electrons. The lowest BCUT2D eigenvalue weighted by atomic mass is 9.88. The van der Waals surface area contributed by atoms with Crippen molar-refractivity contribution in [1.29, 1.82) is 0 Å². The Morgan fingerprint density at radius 1 is 1.22 bits per heavy atom. The quantitative estimate of drug-likeness (QED) is 0.821. The summed E-state index contributed by atoms with van der Waals surface area (Å²) in [7, 11) is 2.07. The summed E-state index contributed by atoms with van der Waals surface area (Å²) < 4.78 is 1.17. The van der Waals surface area contributed by atoms with Crippen molar-refractivity contribution in [2.45, 2.75) is 38.5 Å². The van der Waals surface area contributed by atoms with Gasteiger partial charge in [-0.1, -0.05) is 53.7 Å². The molecule has 0 radical (unpaired) electrons. The zero-order valence-electron chi connectivity index (χ0n) is 11.3. The van der Waals surface area contributed by atoms with E-state index in [1.165, 1.54) is 48.6 Å². The number of hydrogen-bond donors (Lipinski definition) is 1. The average molecular weight is 310 g/mol. The third-order valence-corrected chi connectivity index (χ3v) is 4.60. The van der Waals surface area contributed by atoms with Crippen molar-refractivity contribution >= 4 is 15.9 Å². The minimum absolute atomic E-state index is 0.791. The molecule has 1 saturated carbocycles. The second kappa shape index (κ2) is 7.30. The molecule has 1 atom stereocenters. The van der Waals surface area contributed by atoms with E-state index in [0.717, 1.165) is 18.4 Å². The van der Waals surface area contributed by atoms with Crippen molar-refractivity contribution in [3.63, 3.8) is 0 Å². The van der Waals surface area contributed by atoms with Crippen LogP contribution < -0.4 is 5.32 Å². The molecule has 1 aliphatic carbocycles. The highest BCUT2D eigenvalue weighted by Gasteiger charge is 2.20. The fourth-order valence-electron chi connectivity index (χ4n) is 3.20. The summed E-state index contributed by atoms with van der Waals surface area (Å²) in [6, 6.07) is 8.81. The first kappa shape index (κ1) is 14.1. The van der Waals surface area contributed by atoms with Gasteiger partial charge in [-0.25, -0.2) is 0 Å². The highest BCUT2D eigenvalue weighted by Crippen LogP contribution is 2.31. The van der Waals surface area contributed by atoms with Crippen LogP contribution in [0.1, 0.15) is 37.7 Å². The maximum atomic E-state index is 3.50. The van der Waals surface area contributed by atoms with E-state index in [-0.39, 0.29) is 0 Å². The molecule has 1 N–H and O–H groups in total. The summed E-state index contributed by atoms with van der Waals surface area (Å²) in [4.78, 5) is 0. The lowest BCUT2D eigenvalue weighted by molar-refractivity contribution is 0.364. The van der Waals surface area contributed by atoms with E-state index in [4.69, 9.17) is 0 Å². The minimum Gasteiger partial charge on any atom is -0.319 e. The molecular formula is C16H24BrN. The lowest BCUT2D eigenvalue weighted by Gasteiger charge is -2.20. The number of rotatable bonds is 6. The Labute approximate surface area is 119 Å². The zero-order valence-corrected chi connectivity index (χ0v) is 12.9. The van der Waals surface area contributed by atoms with Crippen molar-refractivity contribution in [1.82, 2.24) is 5.32 Å². The Morgan fingerprint density at radius 2 is 1.89 bits per heavy atom. The molecule has 1 nitrogen and oxygen atoms in total. The first-order valence-electron chi connectivity index (χ1n) is 7.17. The monoisotopic (exact) mass is 309 g/mol. The molecule has 18 heavy (non-hydrogen) atoms. The van der Waals surface area contributed by atoms with Gasteiger partial charge in [-0.3, -0.25) is 0 Å². The summed E-state index contributed by atoms with van der Waals surface area (Å²) in [5, 5.41) is 3.36. The standard InChI is InChI=1S/C16H24BrN/c1-18-12-15(10-13-4-2-3-5-13)11-14-6-8-16(17)9-7-14/h6-9,13,15,18H,2-5,10-12H2,1H3. The maximum absolute atomic E-state index is 3.50. The Bertz CT molecular complexity index is 341. The van der Waals surface area contributed by atoms with E-state index in [9.17, 15) is 0 Å². The smallest absolute Gasteiger partial charge is 0.0175 e. The van der Waals surface area contributed by atoms with Gasteiger partial charge in [-0.05, 0) is 56.0 Å². The van der Waals surface area contributed by atoms with Gasteiger partial charge in [0, 0.05) is 4.47 Å². The van der Waals surface area contributed by atoms with Crippen LogP contribution in [0.25, 0.3) is 0 Å². The predicted molar refractivity (Wildman–Crippen MR) is 81.8 cm³/mol. The topological polar surface area (TPSA) is 12.0 Å². The van der Waals surface area contributed by atoms with Gasteiger partial charge >= 0.3 is 0 Å². The molecular weight excluding hydrogens is 286 g/mol. The van der Waals surface area contributed by atoms with Crippen LogP contribution in [0.2, 0.25) is 0 Å². The largest absolute Gasteiger partial charge is 0.319 e. The van der Waals surface area contributed by atoms with Gasteiger partial charge in [0.1, 0.15) is 0 Å². The van der Waals surface area contributed by atoms with Gasteiger partial charge in [0.05, 0.1) is 0 Å². The van der Waals surface area contributed by atoms with E-state index < -0.39 is 0 Å². The molecule has 0 saturated heterocycles. The Hall–Kier alpha value is -0.340. The number of benzene rings is 1. The number of nitrogens with one attached hydrogen (secondary N) is 1. The number of hydrogen-bond acceptors (Lipinski definition) is 1. The second-order valence-corrected chi connectivity index (χ2v) is 6.56. The minimum atomic E-state index is 0.791. The van der Waals surface area contributed by atoms with Crippen molar-refractivity contribution in [3.05, 3.63) is 34.3 Å².